The first-order valence-corrected chi connectivity index (χ1v) is 10.9. The van der Waals surface area contributed by atoms with Gasteiger partial charge in [0.05, 0.1) is 0 Å². The molecule has 3 aromatic rings. The predicted octanol–water partition coefficient (Wildman–Crippen LogP) is 3.82. The van der Waals surface area contributed by atoms with Gasteiger partial charge in [-0.05, 0) is 57.3 Å². The van der Waals surface area contributed by atoms with Crippen molar-refractivity contribution in [2.24, 2.45) is 0 Å². The molecule has 0 spiro atoms. The highest BCUT2D eigenvalue weighted by Gasteiger charge is 2.18. The fourth-order valence-corrected chi connectivity index (χ4v) is 3.62. The highest BCUT2D eigenvalue weighted by Crippen LogP contribution is 2.23. The summed E-state index contributed by atoms with van der Waals surface area (Å²) in [6.45, 7) is 7.87. The van der Waals surface area contributed by atoms with Crippen LogP contribution in [-0.4, -0.2) is 61.2 Å². The van der Waals surface area contributed by atoms with E-state index in [2.05, 4.69) is 56.4 Å². The lowest BCUT2D eigenvalue weighted by Gasteiger charge is -2.34. The molecule has 0 aliphatic carbocycles. The summed E-state index contributed by atoms with van der Waals surface area (Å²) in [4.78, 5) is 27.5. The van der Waals surface area contributed by atoms with Gasteiger partial charge in [-0.2, -0.15) is 4.98 Å². The first-order chi connectivity index (χ1) is 15.9. The summed E-state index contributed by atoms with van der Waals surface area (Å²) in [7, 11) is 3.76. The molecule has 0 atom stereocenters. The van der Waals surface area contributed by atoms with Crippen LogP contribution < -0.4 is 19.9 Å². The van der Waals surface area contributed by atoms with Crippen molar-refractivity contribution in [2.45, 2.75) is 13.8 Å². The van der Waals surface area contributed by atoms with E-state index in [0.717, 1.165) is 43.0 Å². The van der Waals surface area contributed by atoms with E-state index in [1.807, 2.05) is 26.0 Å². The Balaban J connectivity index is 1.41. The van der Waals surface area contributed by atoms with Gasteiger partial charge in [-0.15, -0.1) is 0 Å². The minimum absolute atomic E-state index is 0.398. The highest BCUT2D eigenvalue weighted by atomic mass is 16.6. The summed E-state index contributed by atoms with van der Waals surface area (Å²) in [6, 6.07) is 17.4. The number of aryl methyl sites for hydroxylation is 1. The molecule has 1 N–H and O–H groups in total. The van der Waals surface area contributed by atoms with E-state index >= 15 is 0 Å². The number of hydrogen-bond donors (Lipinski definition) is 1. The quantitative estimate of drug-likeness (QED) is 0.641. The van der Waals surface area contributed by atoms with Crippen molar-refractivity contribution in [2.75, 3.05) is 55.4 Å². The number of carbonyl (C=O) groups is 1. The van der Waals surface area contributed by atoms with Gasteiger partial charge < -0.3 is 19.9 Å². The number of carbonyl (C=O) groups excluding carboxylic acids is 1. The standard InChI is InChI=1S/C25H28N6O2/c1-18-6-5-7-19(2)23(18)33-25(32)30(4)22-12-13-26-24(28-22)27-20-8-10-21(11-9-20)31-16-14-29(3)15-17-31/h6,8-13H,14-17H2,1-4H3,(H,26,27,28). The van der Waals surface area contributed by atoms with Crippen LogP contribution in [0.3, 0.4) is 0 Å². The molecule has 2 heterocycles. The Hall–Kier alpha value is -3.83. The van der Waals surface area contributed by atoms with Crippen molar-refractivity contribution in [1.82, 2.24) is 14.9 Å². The topological polar surface area (TPSA) is 73.8 Å². The Morgan fingerprint density at radius 3 is 2.55 bits per heavy atom. The lowest BCUT2D eigenvalue weighted by atomic mass is 10.2. The highest BCUT2D eigenvalue weighted by molar-refractivity contribution is 5.87. The molecule has 1 fully saturated rings. The summed E-state index contributed by atoms with van der Waals surface area (Å²) in [6.07, 6.45) is 1.07. The van der Waals surface area contributed by atoms with Crippen LogP contribution in [0.2, 0.25) is 0 Å². The molecule has 1 aliphatic rings. The van der Waals surface area contributed by atoms with Crippen LogP contribution >= 0.6 is 0 Å². The van der Waals surface area contributed by atoms with Gasteiger partial charge in [-0.3, -0.25) is 4.90 Å². The normalized spacial score (nSPS) is 13.9. The fraction of sp³-hybridized carbons (Fsp3) is 0.320. The molecule has 1 aliphatic heterocycles. The molecule has 0 bridgehead atoms. The lowest BCUT2D eigenvalue weighted by molar-refractivity contribution is 0.208. The van der Waals surface area contributed by atoms with E-state index in [1.165, 1.54) is 10.6 Å². The molecule has 1 aromatic heterocycles. The van der Waals surface area contributed by atoms with E-state index in [4.69, 9.17) is 4.74 Å². The average molecular weight is 445 g/mol. The molecule has 1 amide bonds. The average Bonchev–Trinajstić information content (AvgIpc) is 2.82. The number of aromatic nitrogens is 2. The Morgan fingerprint density at radius 2 is 1.85 bits per heavy atom. The van der Waals surface area contributed by atoms with Crippen LogP contribution in [0.5, 0.6) is 5.75 Å². The van der Waals surface area contributed by atoms with Crippen molar-refractivity contribution in [3.8, 4) is 5.75 Å². The fourth-order valence-electron chi connectivity index (χ4n) is 3.62. The number of likely N-dealkylation sites (N-methyl/N-ethyl adjacent to an activating group) is 1. The number of nitrogens with zero attached hydrogens (tertiary/aromatic N) is 5. The molecule has 1 saturated heterocycles. The maximum Gasteiger partial charge on any atom is 0.420 e. The van der Waals surface area contributed by atoms with Gasteiger partial charge >= 0.3 is 6.09 Å². The number of amides is 1. The smallest absolute Gasteiger partial charge is 0.409 e. The lowest BCUT2D eigenvalue weighted by Crippen LogP contribution is -2.44. The van der Waals surface area contributed by atoms with Crippen molar-refractivity contribution in [3.63, 3.8) is 0 Å². The molecular weight excluding hydrogens is 416 g/mol. The third-order valence-electron chi connectivity index (χ3n) is 5.69. The third kappa shape index (κ3) is 5.33. The van der Waals surface area contributed by atoms with Crippen LogP contribution in [0.25, 0.3) is 0 Å². The first-order valence-electron chi connectivity index (χ1n) is 10.9. The zero-order chi connectivity index (χ0) is 23.4. The van der Waals surface area contributed by atoms with E-state index < -0.39 is 6.09 Å². The molecule has 0 unspecified atom stereocenters. The SMILES string of the molecule is Cc1c#ccc(C)c1OC(=O)N(C)c1ccnc(Nc2ccc(N3CCN(C)CC3)cc2)n1. The van der Waals surface area contributed by atoms with Crippen LogP contribution in [0.1, 0.15) is 11.1 Å². The zero-order valence-electron chi connectivity index (χ0n) is 19.4. The molecular formula is C25H28N6O2. The van der Waals surface area contributed by atoms with E-state index in [1.54, 1.807) is 25.4 Å². The van der Waals surface area contributed by atoms with Gasteiger partial charge in [0, 0.05) is 61.9 Å². The van der Waals surface area contributed by atoms with Crippen molar-refractivity contribution >= 4 is 29.2 Å². The molecule has 8 nitrogen and oxygen atoms in total. The Labute approximate surface area is 194 Å². The summed E-state index contributed by atoms with van der Waals surface area (Å²) >= 11 is 0. The van der Waals surface area contributed by atoms with Gasteiger partial charge in [0.2, 0.25) is 5.95 Å². The van der Waals surface area contributed by atoms with Crippen molar-refractivity contribution < 1.29 is 9.53 Å². The molecule has 8 heteroatoms. The van der Waals surface area contributed by atoms with Crippen LogP contribution in [0.15, 0.2) is 42.6 Å². The van der Waals surface area contributed by atoms with Gasteiger partial charge in [-0.1, -0.05) is 12.1 Å². The first kappa shape index (κ1) is 22.4. The van der Waals surface area contributed by atoms with Crippen LogP contribution in [-0.2, 0) is 0 Å². The second-order valence-electron chi connectivity index (χ2n) is 8.18. The largest absolute Gasteiger partial charge is 0.420 e. The van der Waals surface area contributed by atoms with Crippen molar-refractivity contribution in [3.05, 3.63) is 65.9 Å². The maximum absolute atomic E-state index is 12.7. The number of rotatable bonds is 5. The molecule has 2 aromatic carbocycles. The summed E-state index contributed by atoms with van der Waals surface area (Å²) in [5.74, 6) is 1.31. The van der Waals surface area contributed by atoms with Gasteiger partial charge in [0.1, 0.15) is 11.6 Å². The molecule has 170 valence electrons. The monoisotopic (exact) mass is 444 g/mol. The minimum atomic E-state index is -0.540. The number of hydrogen-bond acceptors (Lipinski definition) is 7. The van der Waals surface area contributed by atoms with Crippen molar-refractivity contribution in [1.29, 1.82) is 0 Å². The Kier molecular flexibility index (Phi) is 6.61. The zero-order valence-corrected chi connectivity index (χ0v) is 19.4. The molecule has 4 rings (SSSR count). The van der Waals surface area contributed by atoms with E-state index in [-0.39, 0.29) is 0 Å². The second-order valence-corrected chi connectivity index (χ2v) is 8.18. The van der Waals surface area contributed by atoms with Crippen LogP contribution in [0.4, 0.5) is 27.9 Å². The molecule has 0 radical (unpaired) electrons. The number of anilines is 4. The summed E-state index contributed by atoms with van der Waals surface area (Å²) in [5, 5.41) is 3.21. The number of benzene rings is 1. The number of ether oxygens (including phenoxy) is 1. The third-order valence-corrected chi connectivity index (χ3v) is 5.69. The van der Waals surface area contributed by atoms with E-state index in [9.17, 15) is 4.79 Å². The second kappa shape index (κ2) is 9.76. The Bertz CT molecular complexity index is 1090. The number of piperazine rings is 1. The maximum atomic E-state index is 12.7. The van der Waals surface area contributed by atoms with Crippen LogP contribution in [0, 0.1) is 26.0 Å². The number of nitrogens with one attached hydrogen (secondary N) is 1. The van der Waals surface area contributed by atoms with Gasteiger partial charge in [-0.25, -0.2) is 9.78 Å². The molecule has 33 heavy (non-hydrogen) atoms. The molecule has 0 saturated carbocycles. The summed E-state index contributed by atoms with van der Waals surface area (Å²) < 4.78 is 5.57. The predicted molar refractivity (Wildman–Crippen MR) is 129 cm³/mol. The van der Waals surface area contributed by atoms with Gasteiger partial charge in [0.15, 0.2) is 0 Å². The summed E-state index contributed by atoms with van der Waals surface area (Å²) in [5.41, 5.74) is 3.62. The Morgan fingerprint density at radius 1 is 1.12 bits per heavy atom. The van der Waals surface area contributed by atoms with Gasteiger partial charge in [0.25, 0.3) is 0 Å². The minimum Gasteiger partial charge on any atom is -0.409 e. The van der Waals surface area contributed by atoms with E-state index in [0.29, 0.717) is 17.5 Å².